The molecule has 0 N–H and O–H groups in total. The first kappa shape index (κ1) is 56.1. The molecular weight excluding hydrogens is 888 g/mol. The maximum atomic E-state index is 16.6. The zero-order chi connectivity index (χ0) is 50.5. The Labute approximate surface area is 408 Å². The lowest BCUT2D eigenvalue weighted by Crippen LogP contribution is -2.44. The summed E-state index contributed by atoms with van der Waals surface area (Å²) in [5.41, 5.74) is 2.16. The first-order valence-corrected chi connectivity index (χ1v) is 24.7. The van der Waals surface area contributed by atoms with E-state index < -0.39 is 80.5 Å². The van der Waals surface area contributed by atoms with Gasteiger partial charge in [-0.05, 0) is 136 Å². The zero-order valence-electron chi connectivity index (χ0n) is 41.9. The maximum absolute atomic E-state index is 16.6. The summed E-state index contributed by atoms with van der Waals surface area (Å²) in [6.07, 6.45) is 14.9. The standard InChI is InChI=1S/C55H75FO13/c1-9-11-12-14-38-16-18-40(19-17-38)41-20-22-42(23-21-41)43-24-25-45(47(56)28-43)46-27-44(15-13-26-65-53(61)36(3)4)48(29-39(46)10-2)66-32-55(35-69-54(62)37(5)6,33-67-51(59)30-49(57)63-7)34-68-52(60)31-50(58)64-8/h24-25,27-29,38,40-42H,3,5,9-23,26,30-35H2,1-2,4,6-8H3. The van der Waals surface area contributed by atoms with Crippen LogP contribution in [0.2, 0.25) is 0 Å². The van der Waals surface area contributed by atoms with E-state index in [0.29, 0.717) is 47.6 Å². The summed E-state index contributed by atoms with van der Waals surface area (Å²) in [5.74, 6) is -2.28. The van der Waals surface area contributed by atoms with Crippen molar-refractivity contribution in [1.82, 2.24) is 0 Å². The van der Waals surface area contributed by atoms with Gasteiger partial charge in [0.1, 0.15) is 56.3 Å². The Hall–Kier alpha value is -5.53. The smallest absolute Gasteiger partial charge is 0.333 e. The zero-order valence-corrected chi connectivity index (χ0v) is 41.9. The number of aryl methyl sites for hydroxylation is 2. The fourth-order valence-electron chi connectivity index (χ4n) is 9.42. The number of carbonyl (C=O) groups excluding carboxylic acids is 6. The summed E-state index contributed by atoms with van der Waals surface area (Å²) in [6, 6.07) is 9.23. The van der Waals surface area contributed by atoms with Crippen LogP contribution in [0.5, 0.6) is 5.75 Å². The van der Waals surface area contributed by atoms with Crippen LogP contribution in [0.3, 0.4) is 0 Å². The molecule has 0 heterocycles. The van der Waals surface area contributed by atoms with Crippen molar-refractivity contribution in [1.29, 1.82) is 0 Å². The van der Waals surface area contributed by atoms with Gasteiger partial charge >= 0.3 is 35.8 Å². The molecule has 2 saturated carbocycles. The molecule has 0 amide bonds. The van der Waals surface area contributed by atoms with Gasteiger partial charge in [-0.25, -0.2) is 14.0 Å². The van der Waals surface area contributed by atoms with Gasteiger partial charge in [0.25, 0.3) is 0 Å². The number of ether oxygens (including phenoxy) is 7. The molecular formula is C55H75FO13. The number of hydrogen-bond acceptors (Lipinski definition) is 13. The van der Waals surface area contributed by atoms with Crippen molar-refractivity contribution >= 4 is 35.8 Å². The highest BCUT2D eigenvalue weighted by molar-refractivity contribution is 5.92. The number of hydrogen-bond donors (Lipinski definition) is 0. The average Bonchev–Trinajstić information content (AvgIpc) is 3.34. The second-order valence-electron chi connectivity index (χ2n) is 19.1. The highest BCUT2D eigenvalue weighted by atomic mass is 19.1. The number of benzene rings is 2. The van der Waals surface area contributed by atoms with E-state index in [1.807, 2.05) is 19.1 Å². The van der Waals surface area contributed by atoms with E-state index in [9.17, 15) is 28.8 Å². The molecule has 4 rings (SSSR count). The molecule has 13 nitrogen and oxygen atoms in total. The summed E-state index contributed by atoms with van der Waals surface area (Å²) >= 11 is 0. The Morgan fingerprint density at radius 3 is 1.74 bits per heavy atom. The van der Waals surface area contributed by atoms with E-state index in [0.717, 1.165) is 55.9 Å². The molecule has 2 aromatic carbocycles. The van der Waals surface area contributed by atoms with E-state index in [1.165, 1.54) is 71.1 Å². The number of methoxy groups -OCH3 is 2. The molecule has 0 aliphatic heterocycles. The average molecular weight is 963 g/mol. The molecule has 2 aliphatic rings. The Balaban J connectivity index is 1.63. The Bertz CT molecular complexity index is 2060. The van der Waals surface area contributed by atoms with Crippen LogP contribution in [0.25, 0.3) is 11.1 Å². The predicted octanol–water partition coefficient (Wildman–Crippen LogP) is 10.5. The van der Waals surface area contributed by atoms with Crippen molar-refractivity contribution in [2.75, 3.05) is 47.3 Å². The van der Waals surface area contributed by atoms with Gasteiger partial charge in [-0.15, -0.1) is 0 Å². The van der Waals surface area contributed by atoms with E-state index >= 15 is 4.39 Å². The largest absolute Gasteiger partial charge is 0.492 e. The minimum absolute atomic E-state index is 0.0503. The van der Waals surface area contributed by atoms with Gasteiger partial charge in [0, 0.05) is 16.7 Å². The second kappa shape index (κ2) is 28.2. The second-order valence-corrected chi connectivity index (χ2v) is 19.1. The molecule has 0 spiro atoms. The molecule has 0 radical (unpaired) electrons. The van der Waals surface area contributed by atoms with Crippen molar-refractivity contribution in [3.8, 4) is 16.9 Å². The molecule has 2 aromatic rings. The first-order chi connectivity index (χ1) is 33.0. The quantitative estimate of drug-likeness (QED) is 0.0273. The summed E-state index contributed by atoms with van der Waals surface area (Å²) in [6.45, 7) is 12.4. The monoisotopic (exact) mass is 963 g/mol. The van der Waals surface area contributed by atoms with Crippen LogP contribution < -0.4 is 4.74 Å². The van der Waals surface area contributed by atoms with Crippen LogP contribution in [0, 0.1) is 29.0 Å². The van der Waals surface area contributed by atoms with E-state index in [-0.39, 0.29) is 23.6 Å². The van der Waals surface area contributed by atoms with E-state index in [2.05, 4.69) is 35.6 Å². The first-order valence-electron chi connectivity index (χ1n) is 24.7. The Morgan fingerprint density at radius 2 is 1.20 bits per heavy atom. The van der Waals surface area contributed by atoms with Crippen LogP contribution in [0.15, 0.2) is 54.6 Å². The van der Waals surface area contributed by atoms with Gasteiger partial charge < -0.3 is 33.2 Å². The Morgan fingerprint density at radius 1 is 0.638 bits per heavy atom. The van der Waals surface area contributed by atoms with Crippen LogP contribution in [-0.4, -0.2) is 83.1 Å². The lowest BCUT2D eigenvalue weighted by Gasteiger charge is -2.38. The normalized spacial score (nSPS) is 18.0. The highest BCUT2D eigenvalue weighted by Gasteiger charge is 2.39. The molecule has 0 saturated heterocycles. The molecule has 0 unspecified atom stereocenters. The minimum Gasteiger partial charge on any atom is -0.492 e. The fourth-order valence-corrected chi connectivity index (χ4v) is 9.42. The molecule has 0 bridgehead atoms. The van der Waals surface area contributed by atoms with E-state index in [4.69, 9.17) is 23.7 Å². The highest BCUT2D eigenvalue weighted by Crippen LogP contribution is 2.45. The van der Waals surface area contributed by atoms with Crippen molar-refractivity contribution < 1.29 is 66.3 Å². The van der Waals surface area contributed by atoms with Crippen LogP contribution in [-0.2, 0) is 70.0 Å². The van der Waals surface area contributed by atoms with Gasteiger partial charge in [0.15, 0.2) is 0 Å². The lowest BCUT2D eigenvalue weighted by atomic mass is 9.68. The summed E-state index contributed by atoms with van der Waals surface area (Å²) < 4.78 is 54.1. The van der Waals surface area contributed by atoms with Crippen molar-refractivity contribution in [2.45, 2.75) is 143 Å². The molecule has 14 heteroatoms. The molecule has 2 aliphatic carbocycles. The number of rotatable bonds is 27. The van der Waals surface area contributed by atoms with Crippen LogP contribution >= 0.6 is 0 Å². The number of halogens is 1. The topological polar surface area (TPSA) is 167 Å². The molecule has 69 heavy (non-hydrogen) atoms. The van der Waals surface area contributed by atoms with Crippen molar-refractivity contribution in [3.63, 3.8) is 0 Å². The molecule has 2 fully saturated rings. The number of esters is 6. The third-order valence-corrected chi connectivity index (χ3v) is 13.6. The maximum Gasteiger partial charge on any atom is 0.333 e. The number of unbranched alkanes of at least 4 members (excludes halogenated alkanes) is 2. The van der Waals surface area contributed by atoms with Gasteiger partial charge in [-0.3, -0.25) is 19.2 Å². The summed E-state index contributed by atoms with van der Waals surface area (Å²) in [7, 11) is 2.22. The van der Waals surface area contributed by atoms with Crippen LogP contribution in [0.1, 0.15) is 147 Å². The minimum atomic E-state index is -1.61. The van der Waals surface area contributed by atoms with E-state index in [1.54, 1.807) is 19.1 Å². The molecule has 380 valence electrons. The summed E-state index contributed by atoms with van der Waals surface area (Å²) in [5, 5.41) is 0. The summed E-state index contributed by atoms with van der Waals surface area (Å²) in [4.78, 5) is 74.3. The van der Waals surface area contributed by atoms with Gasteiger partial charge in [-0.1, -0.05) is 77.7 Å². The lowest BCUT2D eigenvalue weighted by molar-refractivity contribution is -0.165. The van der Waals surface area contributed by atoms with Gasteiger partial charge in [-0.2, -0.15) is 0 Å². The fraction of sp³-hybridized carbons (Fsp3) is 0.600. The Kier molecular flexibility index (Phi) is 22.9. The SMILES string of the molecule is C=C(C)C(=O)OCCCc1cc(-c2ccc(C3CCC(C4CCC(CCCCC)CC4)CC3)cc2F)c(CC)cc1OCC(COC(=O)CC(=O)OC)(COC(=O)CC(=O)OC)COC(=O)C(=C)C. The third-order valence-electron chi connectivity index (χ3n) is 13.6. The number of carbonyl (C=O) groups is 6. The molecule has 0 atom stereocenters. The van der Waals surface area contributed by atoms with Crippen molar-refractivity contribution in [2.24, 2.45) is 23.2 Å². The van der Waals surface area contributed by atoms with Gasteiger partial charge in [0.05, 0.1) is 20.8 Å². The van der Waals surface area contributed by atoms with Gasteiger partial charge in [0.2, 0.25) is 0 Å². The predicted molar refractivity (Wildman–Crippen MR) is 258 cm³/mol. The molecule has 0 aromatic heterocycles. The van der Waals surface area contributed by atoms with Crippen molar-refractivity contribution in [3.05, 3.63) is 77.1 Å². The van der Waals surface area contributed by atoms with Crippen LogP contribution in [0.4, 0.5) is 4.39 Å². The third kappa shape index (κ3) is 17.7.